The minimum absolute atomic E-state index is 0.0131. The summed E-state index contributed by atoms with van der Waals surface area (Å²) in [6, 6.07) is 6.10. The van der Waals surface area contributed by atoms with E-state index in [-0.39, 0.29) is 35.5 Å². The number of hydrogen-bond acceptors (Lipinski definition) is 6. The Morgan fingerprint density at radius 1 is 1.28 bits per heavy atom. The van der Waals surface area contributed by atoms with Crippen LogP contribution in [0.25, 0.3) is 0 Å². The third kappa shape index (κ3) is 7.78. The Hall–Kier alpha value is -2.52. The van der Waals surface area contributed by atoms with Crippen LogP contribution in [0.4, 0.5) is 11.4 Å². The summed E-state index contributed by atoms with van der Waals surface area (Å²) in [5, 5.41) is 16.6. The van der Waals surface area contributed by atoms with Crippen LogP contribution in [0.1, 0.15) is 32.6 Å². The SMILES string of the molecule is CCOCCCNC(=O)C1CCN(CCC(=O)Nc2ccccc2[N+](=O)[O-])CC1. The Balaban J connectivity index is 1.66. The van der Waals surface area contributed by atoms with Crippen LogP contribution in [0, 0.1) is 16.0 Å². The first kappa shape index (κ1) is 22.8. The highest BCUT2D eigenvalue weighted by Crippen LogP contribution is 2.23. The molecule has 0 bridgehead atoms. The van der Waals surface area contributed by atoms with Gasteiger partial charge in [0.1, 0.15) is 5.69 Å². The fourth-order valence-corrected chi connectivity index (χ4v) is 3.30. The number of nitro benzene ring substituents is 1. The number of amides is 2. The van der Waals surface area contributed by atoms with Gasteiger partial charge in [-0.15, -0.1) is 0 Å². The molecule has 1 heterocycles. The van der Waals surface area contributed by atoms with Gasteiger partial charge in [0.25, 0.3) is 5.69 Å². The van der Waals surface area contributed by atoms with Gasteiger partial charge in [0, 0.05) is 44.7 Å². The number of piperidine rings is 1. The lowest BCUT2D eigenvalue weighted by Crippen LogP contribution is -2.41. The number of hydrogen-bond donors (Lipinski definition) is 2. The van der Waals surface area contributed by atoms with Crippen LogP contribution in [0.15, 0.2) is 24.3 Å². The molecule has 1 aromatic carbocycles. The Morgan fingerprint density at radius 3 is 2.69 bits per heavy atom. The lowest BCUT2D eigenvalue weighted by Gasteiger charge is -2.31. The van der Waals surface area contributed by atoms with Crippen molar-refractivity contribution >= 4 is 23.2 Å². The van der Waals surface area contributed by atoms with E-state index in [4.69, 9.17) is 4.74 Å². The van der Waals surface area contributed by atoms with Crippen LogP contribution in [-0.4, -0.2) is 61.0 Å². The van der Waals surface area contributed by atoms with E-state index in [1.54, 1.807) is 12.1 Å². The third-order valence-electron chi connectivity index (χ3n) is 4.96. The molecular formula is C20H30N4O5. The highest BCUT2D eigenvalue weighted by Gasteiger charge is 2.25. The Bertz CT molecular complexity index is 689. The molecule has 9 heteroatoms. The monoisotopic (exact) mass is 406 g/mol. The number of para-hydroxylation sites is 2. The third-order valence-corrected chi connectivity index (χ3v) is 4.96. The van der Waals surface area contributed by atoms with Gasteiger partial charge in [-0.25, -0.2) is 0 Å². The maximum atomic E-state index is 12.2. The first-order valence-corrected chi connectivity index (χ1v) is 10.1. The predicted octanol–water partition coefficient (Wildman–Crippen LogP) is 2.18. The summed E-state index contributed by atoms with van der Waals surface area (Å²) >= 11 is 0. The molecule has 0 unspecified atom stereocenters. The lowest BCUT2D eigenvalue weighted by atomic mass is 9.96. The van der Waals surface area contributed by atoms with Crippen molar-refractivity contribution in [3.8, 4) is 0 Å². The number of nitrogens with zero attached hydrogens (tertiary/aromatic N) is 2. The number of carbonyl (C=O) groups is 2. The lowest BCUT2D eigenvalue weighted by molar-refractivity contribution is -0.383. The summed E-state index contributed by atoms with van der Waals surface area (Å²) in [6.45, 7) is 6.00. The molecule has 0 aromatic heterocycles. The summed E-state index contributed by atoms with van der Waals surface area (Å²) < 4.78 is 5.25. The zero-order chi connectivity index (χ0) is 21.1. The van der Waals surface area contributed by atoms with Crippen molar-refractivity contribution in [2.24, 2.45) is 5.92 Å². The highest BCUT2D eigenvalue weighted by molar-refractivity contribution is 5.93. The molecule has 0 atom stereocenters. The Kier molecular flexibility index (Phi) is 9.52. The van der Waals surface area contributed by atoms with Crippen molar-refractivity contribution in [1.29, 1.82) is 0 Å². The Morgan fingerprint density at radius 2 is 2.00 bits per heavy atom. The maximum Gasteiger partial charge on any atom is 0.292 e. The van der Waals surface area contributed by atoms with Crippen molar-refractivity contribution < 1.29 is 19.2 Å². The van der Waals surface area contributed by atoms with Crippen molar-refractivity contribution in [3.63, 3.8) is 0 Å². The van der Waals surface area contributed by atoms with Gasteiger partial charge in [0.2, 0.25) is 11.8 Å². The maximum absolute atomic E-state index is 12.2. The molecule has 9 nitrogen and oxygen atoms in total. The highest BCUT2D eigenvalue weighted by atomic mass is 16.6. The van der Waals surface area contributed by atoms with Crippen LogP contribution in [0.5, 0.6) is 0 Å². The van der Waals surface area contributed by atoms with E-state index in [0.29, 0.717) is 26.3 Å². The summed E-state index contributed by atoms with van der Waals surface area (Å²) in [5.41, 5.74) is 0.0937. The van der Waals surface area contributed by atoms with E-state index >= 15 is 0 Å². The largest absolute Gasteiger partial charge is 0.382 e. The van der Waals surface area contributed by atoms with Crippen LogP contribution in [0.3, 0.4) is 0 Å². The second-order valence-electron chi connectivity index (χ2n) is 7.03. The van der Waals surface area contributed by atoms with Crippen molar-refractivity contribution in [2.45, 2.75) is 32.6 Å². The fraction of sp³-hybridized carbons (Fsp3) is 0.600. The van der Waals surface area contributed by atoms with Gasteiger partial charge in [-0.05, 0) is 45.3 Å². The molecule has 0 spiro atoms. The predicted molar refractivity (Wildman–Crippen MR) is 110 cm³/mol. The standard InChI is InChI=1S/C20H30N4O5/c1-2-29-15-5-11-21-20(26)16-8-12-23(13-9-16)14-10-19(25)22-17-6-3-4-7-18(17)24(27)28/h3-4,6-7,16H,2,5,8-15H2,1H3,(H,21,26)(H,22,25). The number of rotatable bonds is 11. The number of ether oxygens (including phenoxy) is 1. The molecule has 1 fully saturated rings. The fourth-order valence-electron chi connectivity index (χ4n) is 3.30. The van der Waals surface area contributed by atoms with E-state index in [0.717, 1.165) is 32.4 Å². The van der Waals surface area contributed by atoms with Crippen molar-refractivity contribution in [2.75, 3.05) is 44.7 Å². The normalized spacial score (nSPS) is 15.1. The van der Waals surface area contributed by atoms with Gasteiger partial charge < -0.3 is 20.3 Å². The van der Waals surface area contributed by atoms with Gasteiger partial charge in [-0.1, -0.05) is 12.1 Å². The van der Waals surface area contributed by atoms with Crippen LogP contribution in [-0.2, 0) is 14.3 Å². The van der Waals surface area contributed by atoms with Gasteiger partial charge in [-0.3, -0.25) is 19.7 Å². The van der Waals surface area contributed by atoms with E-state index < -0.39 is 4.92 Å². The first-order chi connectivity index (χ1) is 14.0. The number of likely N-dealkylation sites (tertiary alicyclic amines) is 1. The molecule has 0 saturated carbocycles. The molecule has 1 aromatic rings. The van der Waals surface area contributed by atoms with Gasteiger partial charge in [0.05, 0.1) is 4.92 Å². The summed E-state index contributed by atoms with van der Waals surface area (Å²) in [4.78, 5) is 37.0. The average molecular weight is 406 g/mol. The number of anilines is 1. The topological polar surface area (TPSA) is 114 Å². The molecule has 2 rings (SSSR count). The molecule has 160 valence electrons. The number of nitro groups is 1. The smallest absolute Gasteiger partial charge is 0.292 e. The van der Waals surface area contributed by atoms with E-state index in [1.165, 1.54) is 12.1 Å². The number of carbonyl (C=O) groups excluding carboxylic acids is 2. The molecule has 1 aliphatic rings. The van der Waals surface area contributed by atoms with E-state index in [9.17, 15) is 19.7 Å². The van der Waals surface area contributed by atoms with E-state index in [2.05, 4.69) is 15.5 Å². The summed E-state index contributed by atoms with van der Waals surface area (Å²) in [6.07, 6.45) is 2.60. The molecule has 1 saturated heterocycles. The van der Waals surface area contributed by atoms with Crippen LogP contribution in [0.2, 0.25) is 0 Å². The van der Waals surface area contributed by atoms with Gasteiger partial charge in [0.15, 0.2) is 0 Å². The first-order valence-electron chi connectivity index (χ1n) is 10.1. The molecule has 0 aliphatic carbocycles. The van der Waals surface area contributed by atoms with Crippen molar-refractivity contribution in [1.82, 2.24) is 10.2 Å². The number of nitrogens with one attached hydrogen (secondary N) is 2. The molecule has 0 radical (unpaired) electrons. The van der Waals surface area contributed by atoms with Gasteiger partial charge >= 0.3 is 0 Å². The molecule has 2 amide bonds. The quantitative estimate of drug-likeness (QED) is 0.331. The zero-order valence-electron chi connectivity index (χ0n) is 16.9. The Labute approximate surface area is 170 Å². The van der Waals surface area contributed by atoms with Crippen LogP contribution < -0.4 is 10.6 Å². The molecule has 2 N–H and O–H groups in total. The van der Waals surface area contributed by atoms with Gasteiger partial charge in [-0.2, -0.15) is 0 Å². The summed E-state index contributed by atoms with van der Waals surface area (Å²) in [7, 11) is 0. The van der Waals surface area contributed by atoms with Crippen LogP contribution >= 0.6 is 0 Å². The summed E-state index contributed by atoms with van der Waals surface area (Å²) in [5.74, 6) is -0.150. The second-order valence-corrected chi connectivity index (χ2v) is 7.03. The zero-order valence-corrected chi connectivity index (χ0v) is 16.9. The molecule has 29 heavy (non-hydrogen) atoms. The second kappa shape index (κ2) is 12.1. The van der Waals surface area contributed by atoms with Crippen molar-refractivity contribution in [3.05, 3.63) is 34.4 Å². The van der Waals surface area contributed by atoms with E-state index in [1.807, 2.05) is 6.92 Å². The average Bonchev–Trinajstić information content (AvgIpc) is 2.72. The molecular weight excluding hydrogens is 376 g/mol. The molecule has 1 aliphatic heterocycles. The number of benzene rings is 1. The minimum Gasteiger partial charge on any atom is -0.382 e. The minimum atomic E-state index is -0.512.